The van der Waals surface area contributed by atoms with Crippen LogP contribution < -0.4 is 5.73 Å². The van der Waals surface area contributed by atoms with Crippen molar-refractivity contribution in [3.8, 4) is 0 Å². The van der Waals surface area contributed by atoms with Crippen LogP contribution in [-0.2, 0) is 10.0 Å². The van der Waals surface area contributed by atoms with Crippen molar-refractivity contribution >= 4 is 10.0 Å². The molecule has 1 saturated heterocycles. The van der Waals surface area contributed by atoms with Crippen LogP contribution in [0.4, 0.5) is 0 Å². The molecule has 3 atom stereocenters. The van der Waals surface area contributed by atoms with Gasteiger partial charge >= 0.3 is 0 Å². The molecule has 0 aromatic heterocycles. The lowest BCUT2D eigenvalue weighted by atomic mass is 9.72. The topological polar surface area (TPSA) is 63.4 Å². The van der Waals surface area contributed by atoms with Crippen molar-refractivity contribution in [2.24, 2.45) is 17.6 Å². The zero-order valence-electron chi connectivity index (χ0n) is 10.4. The van der Waals surface area contributed by atoms with Crippen LogP contribution in [0.3, 0.4) is 0 Å². The molecule has 2 fully saturated rings. The molecule has 18 heavy (non-hydrogen) atoms. The molecule has 0 unspecified atom stereocenters. The molecule has 5 heteroatoms. The maximum Gasteiger partial charge on any atom is 0.243 e. The Bertz CT molecular complexity index is 553. The van der Waals surface area contributed by atoms with E-state index in [-0.39, 0.29) is 6.04 Å². The Labute approximate surface area is 108 Å². The molecule has 1 aliphatic heterocycles. The van der Waals surface area contributed by atoms with Gasteiger partial charge in [0.2, 0.25) is 10.0 Å². The first-order valence-corrected chi connectivity index (χ1v) is 7.75. The molecule has 4 nitrogen and oxygen atoms in total. The van der Waals surface area contributed by atoms with Crippen LogP contribution in [0.2, 0.25) is 0 Å². The fraction of sp³-hybridized carbons (Fsp3) is 0.538. The first-order chi connectivity index (χ1) is 8.48. The molecule has 1 heterocycles. The second-order valence-electron chi connectivity index (χ2n) is 5.46. The summed E-state index contributed by atoms with van der Waals surface area (Å²) in [6, 6.07) is 7.23. The van der Waals surface area contributed by atoms with Crippen molar-refractivity contribution in [3.05, 3.63) is 29.8 Å². The van der Waals surface area contributed by atoms with Crippen LogP contribution in [0.15, 0.2) is 29.2 Å². The normalized spacial score (nSPS) is 32.0. The van der Waals surface area contributed by atoms with Gasteiger partial charge in [-0.15, -0.1) is 0 Å². The van der Waals surface area contributed by atoms with Gasteiger partial charge in [0.15, 0.2) is 0 Å². The lowest BCUT2D eigenvalue weighted by Crippen LogP contribution is -2.46. The number of hydrogen-bond donors (Lipinski definition) is 1. The van der Waals surface area contributed by atoms with Crippen LogP contribution >= 0.6 is 0 Å². The van der Waals surface area contributed by atoms with Gasteiger partial charge < -0.3 is 5.73 Å². The van der Waals surface area contributed by atoms with Gasteiger partial charge in [0.25, 0.3) is 0 Å². The van der Waals surface area contributed by atoms with Crippen LogP contribution in [0.25, 0.3) is 0 Å². The smallest absolute Gasteiger partial charge is 0.243 e. The number of sulfonamides is 1. The van der Waals surface area contributed by atoms with Crippen molar-refractivity contribution in [1.82, 2.24) is 4.31 Å². The lowest BCUT2D eigenvalue weighted by Gasteiger charge is -2.36. The third-order valence-corrected chi connectivity index (χ3v) is 6.09. The van der Waals surface area contributed by atoms with Crippen molar-refractivity contribution in [2.75, 3.05) is 13.1 Å². The zero-order chi connectivity index (χ0) is 12.9. The van der Waals surface area contributed by atoms with Crippen molar-refractivity contribution in [1.29, 1.82) is 0 Å². The summed E-state index contributed by atoms with van der Waals surface area (Å²) in [5, 5.41) is 0. The number of nitrogens with two attached hydrogens (primary N) is 1. The highest BCUT2D eigenvalue weighted by atomic mass is 32.2. The molecular formula is C13H18N2O2S. The maximum atomic E-state index is 12.5. The van der Waals surface area contributed by atoms with Gasteiger partial charge in [-0.25, -0.2) is 8.42 Å². The number of aryl methyl sites for hydroxylation is 1. The molecule has 2 aliphatic rings. The summed E-state index contributed by atoms with van der Waals surface area (Å²) in [5.74, 6) is 0.838. The Kier molecular flexibility index (Phi) is 2.73. The van der Waals surface area contributed by atoms with Crippen LogP contribution in [0.1, 0.15) is 12.0 Å². The Morgan fingerprint density at radius 3 is 2.44 bits per heavy atom. The molecule has 0 radical (unpaired) electrons. The molecule has 2 N–H and O–H groups in total. The summed E-state index contributed by atoms with van der Waals surface area (Å²) in [5.41, 5.74) is 6.97. The molecule has 1 saturated carbocycles. The molecule has 98 valence electrons. The number of benzene rings is 1. The van der Waals surface area contributed by atoms with E-state index in [4.69, 9.17) is 5.73 Å². The summed E-state index contributed by atoms with van der Waals surface area (Å²) in [4.78, 5) is 0.392. The van der Waals surface area contributed by atoms with Crippen LogP contribution in [0.5, 0.6) is 0 Å². The van der Waals surface area contributed by atoms with Gasteiger partial charge in [0.05, 0.1) is 4.90 Å². The van der Waals surface area contributed by atoms with E-state index in [0.717, 1.165) is 12.0 Å². The van der Waals surface area contributed by atoms with E-state index in [2.05, 4.69) is 0 Å². The molecule has 1 aromatic rings. The Hall–Kier alpha value is -0.910. The zero-order valence-corrected chi connectivity index (χ0v) is 11.2. The van der Waals surface area contributed by atoms with E-state index < -0.39 is 10.0 Å². The molecule has 0 amide bonds. The van der Waals surface area contributed by atoms with E-state index in [1.54, 1.807) is 16.4 Å². The highest BCUT2D eigenvalue weighted by molar-refractivity contribution is 7.89. The molecule has 0 bridgehead atoms. The Morgan fingerprint density at radius 1 is 1.22 bits per heavy atom. The van der Waals surface area contributed by atoms with Gasteiger partial charge in [0, 0.05) is 19.1 Å². The summed E-state index contributed by atoms with van der Waals surface area (Å²) in [7, 11) is -3.33. The predicted molar refractivity (Wildman–Crippen MR) is 69.5 cm³/mol. The summed E-state index contributed by atoms with van der Waals surface area (Å²) < 4.78 is 26.5. The third-order valence-electron chi connectivity index (χ3n) is 4.24. The standard InChI is InChI=1S/C13H18N2O2S/c1-9-2-4-11(5-3-9)18(16,17)15-7-10-6-13(14)12(10)8-15/h2-5,10,12-13H,6-8,14H2,1H3/t10-,12+,13-/m0/s1. The van der Waals surface area contributed by atoms with Gasteiger partial charge in [-0.3, -0.25) is 0 Å². The molecule has 0 spiro atoms. The average molecular weight is 266 g/mol. The van der Waals surface area contributed by atoms with Crippen LogP contribution in [0, 0.1) is 18.8 Å². The Balaban J connectivity index is 1.85. The second kappa shape index (κ2) is 4.05. The van der Waals surface area contributed by atoms with Crippen molar-refractivity contribution in [2.45, 2.75) is 24.3 Å². The van der Waals surface area contributed by atoms with E-state index in [1.165, 1.54) is 0 Å². The number of rotatable bonds is 2. The van der Waals surface area contributed by atoms with E-state index in [1.807, 2.05) is 19.1 Å². The number of fused-ring (bicyclic) bond motifs is 1. The minimum absolute atomic E-state index is 0.188. The number of nitrogens with zero attached hydrogens (tertiary/aromatic N) is 1. The lowest BCUT2D eigenvalue weighted by molar-refractivity contribution is 0.194. The summed E-state index contributed by atoms with van der Waals surface area (Å²) >= 11 is 0. The fourth-order valence-corrected chi connectivity index (χ4v) is 4.51. The van der Waals surface area contributed by atoms with Gasteiger partial charge in [0.1, 0.15) is 0 Å². The quantitative estimate of drug-likeness (QED) is 0.867. The molecule has 1 aliphatic carbocycles. The molecule has 3 rings (SSSR count). The molecular weight excluding hydrogens is 248 g/mol. The van der Waals surface area contributed by atoms with E-state index in [9.17, 15) is 8.42 Å². The fourth-order valence-electron chi connectivity index (χ4n) is 2.97. The predicted octanol–water partition coefficient (Wildman–Crippen LogP) is 0.963. The highest BCUT2D eigenvalue weighted by Gasteiger charge is 2.48. The van der Waals surface area contributed by atoms with Crippen molar-refractivity contribution in [3.63, 3.8) is 0 Å². The first-order valence-electron chi connectivity index (χ1n) is 6.31. The monoisotopic (exact) mass is 266 g/mol. The first kappa shape index (κ1) is 12.1. The van der Waals surface area contributed by atoms with Crippen molar-refractivity contribution < 1.29 is 8.42 Å². The van der Waals surface area contributed by atoms with Gasteiger partial charge in [-0.2, -0.15) is 4.31 Å². The summed E-state index contributed by atoms with van der Waals surface area (Å²) in [6.45, 7) is 3.17. The maximum absolute atomic E-state index is 12.5. The molecule has 1 aromatic carbocycles. The summed E-state index contributed by atoms with van der Waals surface area (Å²) in [6.07, 6.45) is 0.963. The highest BCUT2D eigenvalue weighted by Crippen LogP contribution is 2.41. The van der Waals surface area contributed by atoms with Crippen LogP contribution in [-0.4, -0.2) is 31.9 Å². The average Bonchev–Trinajstić information content (AvgIpc) is 2.67. The second-order valence-corrected chi connectivity index (χ2v) is 7.40. The number of hydrogen-bond acceptors (Lipinski definition) is 3. The van der Waals surface area contributed by atoms with Gasteiger partial charge in [-0.1, -0.05) is 17.7 Å². The minimum Gasteiger partial charge on any atom is -0.327 e. The Morgan fingerprint density at radius 2 is 1.89 bits per heavy atom. The SMILES string of the molecule is Cc1ccc(S(=O)(=O)N2C[C@@H]3C[C@H](N)[C@@H]3C2)cc1. The largest absolute Gasteiger partial charge is 0.327 e. The van der Waals surface area contributed by atoms with E-state index >= 15 is 0 Å². The third kappa shape index (κ3) is 1.77. The minimum atomic E-state index is -3.33. The van der Waals surface area contributed by atoms with E-state index in [0.29, 0.717) is 29.8 Å². The van der Waals surface area contributed by atoms with Gasteiger partial charge in [-0.05, 0) is 37.3 Å².